The Balaban J connectivity index is 0.00000432. The summed E-state index contributed by atoms with van der Waals surface area (Å²) in [6.07, 6.45) is 0.00780. The van der Waals surface area contributed by atoms with Gasteiger partial charge in [-0.2, -0.15) is 4.37 Å². The second-order valence-corrected chi connectivity index (χ2v) is 8.27. The molecule has 3 aromatic rings. The Morgan fingerprint density at radius 2 is 1.80 bits per heavy atom. The van der Waals surface area contributed by atoms with Gasteiger partial charge in [-0.05, 0) is 53.8 Å². The number of aromatic nitrogens is 1. The monoisotopic (exact) mass is 521 g/mol. The number of nitrogens with one attached hydrogen (secondary N) is 1. The molecule has 1 amide bonds. The van der Waals surface area contributed by atoms with Crippen molar-refractivity contribution in [2.75, 3.05) is 26.6 Å². The van der Waals surface area contributed by atoms with E-state index in [-0.39, 0.29) is 31.2 Å². The van der Waals surface area contributed by atoms with Crippen molar-refractivity contribution in [3.05, 3.63) is 41.3 Å². The highest BCUT2D eigenvalue weighted by atomic mass is 35.5. The van der Waals surface area contributed by atoms with Gasteiger partial charge in [0, 0.05) is 22.9 Å². The van der Waals surface area contributed by atoms with Crippen molar-refractivity contribution >= 4 is 29.1 Å². The van der Waals surface area contributed by atoms with Crippen LogP contribution in [0.3, 0.4) is 0 Å². The van der Waals surface area contributed by atoms with E-state index in [0.29, 0.717) is 22.9 Å². The van der Waals surface area contributed by atoms with E-state index in [1.807, 2.05) is 36.6 Å². The van der Waals surface area contributed by atoms with Crippen LogP contribution in [0.2, 0.25) is 0 Å². The van der Waals surface area contributed by atoms with E-state index in [0.717, 1.165) is 27.9 Å². The molecule has 0 aliphatic rings. The fraction of sp³-hybridized carbons (Fsp3) is 0.292. The highest BCUT2D eigenvalue weighted by Crippen LogP contribution is 2.41. The summed E-state index contributed by atoms with van der Waals surface area (Å²) in [7, 11) is 4.71. The van der Waals surface area contributed by atoms with Crippen LogP contribution >= 0.6 is 11.5 Å². The molecule has 1 heterocycles. The lowest BCUT2D eigenvalue weighted by Crippen LogP contribution is -3.00. The van der Waals surface area contributed by atoms with Gasteiger partial charge in [0.05, 0.1) is 39.1 Å². The van der Waals surface area contributed by atoms with Crippen LogP contribution in [0.1, 0.15) is 18.4 Å². The SMILES string of the molecule is COc1ccc(-c2csnc2-c2cc(C)c(OC)c(OC)c2)cc1NC(=O)[C@H]([NH3+])CCC(=O)O.[Cl-]. The van der Waals surface area contributed by atoms with Crippen LogP contribution in [0.5, 0.6) is 17.2 Å². The number of benzene rings is 2. The maximum absolute atomic E-state index is 12.6. The molecule has 0 saturated carbocycles. The summed E-state index contributed by atoms with van der Waals surface area (Å²) in [6.45, 7) is 1.94. The van der Waals surface area contributed by atoms with Gasteiger partial charge >= 0.3 is 5.97 Å². The van der Waals surface area contributed by atoms with E-state index >= 15 is 0 Å². The second-order valence-electron chi connectivity index (χ2n) is 7.64. The van der Waals surface area contributed by atoms with Gasteiger partial charge in [0.25, 0.3) is 5.91 Å². The van der Waals surface area contributed by atoms with Gasteiger partial charge in [0.1, 0.15) is 5.75 Å². The zero-order valence-electron chi connectivity index (χ0n) is 19.9. The Bertz CT molecular complexity index is 1200. The summed E-state index contributed by atoms with van der Waals surface area (Å²) in [5.74, 6) is 0.416. The third-order valence-corrected chi connectivity index (χ3v) is 5.98. The van der Waals surface area contributed by atoms with Gasteiger partial charge < -0.3 is 42.8 Å². The fourth-order valence-corrected chi connectivity index (χ4v) is 4.29. The van der Waals surface area contributed by atoms with Gasteiger partial charge in [-0.15, -0.1) is 0 Å². The first kappa shape index (κ1) is 27.9. The van der Waals surface area contributed by atoms with Crippen molar-refractivity contribution < 1.29 is 47.0 Å². The number of quaternary nitrogens is 1. The zero-order valence-corrected chi connectivity index (χ0v) is 21.5. The van der Waals surface area contributed by atoms with Crippen LogP contribution in [-0.4, -0.2) is 48.7 Å². The first-order valence-electron chi connectivity index (χ1n) is 10.5. The Morgan fingerprint density at radius 1 is 1.09 bits per heavy atom. The van der Waals surface area contributed by atoms with E-state index in [2.05, 4.69) is 15.4 Å². The van der Waals surface area contributed by atoms with E-state index in [1.54, 1.807) is 20.3 Å². The van der Waals surface area contributed by atoms with E-state index in [9.17, 15) is 9.59 Å². The molecule has 0 radical (unpaired) electrons. The van der Waals surface area contributed by atoms with Gasteiger partial charge in [0.2, 0.25) is 0 Å². The molecule has 0 saturated heterocycles. The lowest BCUT2D eigenvalue weighted by atomic mass is 9.99. The van der Waals surface area contributed by atoms with Crippen molar-refractivity contribution in [1.82, 2.24) is 4.37 Å². The molecule has 9 nitrogen and oxygen atoms in total. The topological polar surface area (TPSA) is 135 Å². The molecule has 0 fully saturated rings. The van der Waals surface area contributed by atoms with E-state index in [1.165, 1.54) is 18.6 Å². The number of amides is 1. The summed E-state index contributed by atoms with van der Waals surface area (Å²) < 4.78 is 21.0. The van der Waals surface area contributed by atoms with Gasteiger partial charge in [-0.3, -0.25) is 9.59 Å². The molecule has 0 unspecified atom stereocenters. The molecule has 1 atom stereocenters. The minimum Gasteiger partial charge on any atom is -1.00 e. The molecule has 2 aromatic carbocycles. The molecule has 11 heteroatoms. The number of aliphatic carboxylic acids is 1. The molecule has 35 heavy (non-hydrogen) atoms. The molecular weight excluding hydrogens is 494 g/mol. The molecule has 3 rings (SSSR count). The van der Waals surface area contributed by atoms with Gasteiger partial charge in [-0.25, -0.2) is 0 Å². The maximum atomic E-state index is 12.6. The first-order valence-corrected chi connectivity index (χ1v) is 11.3. The molecule has 188 valence electrons. The minimum absolute atomic E-state index is 0. The first-order chi connectivity index (χ1) is 16.3. The van der Waals surface area contributed by atoms with Crippen molar-refractivity contribution in [2.45, 2.75) is 25.8 Å². The lowest BCUT2D eigenvalue weighted by molar-refractivity contribution is -0.403. The van der Waals surface area contributed by atoms with Crippen LogP contribution < -0.4 is 37.7 Å². The average Bonchev–Trinajstić information content (AvgIpc) is 3.31. The quantitative estimate of drug-likeness (QED) is 0.347. The second kappa shape index (κ2) is 12.4. The number of ether oxygens (including phenoxy) is 3. The number of carbonyl (C=O) groups excluding carboxylic acids is 1. The van der Waals surface area contributed by atoms with E-state index < -0.39 is 12.0 Å². The zero-order chi connectivity index (χ0) is 24.8. The molecule has 0 aliphatic carbocycles. The predicted octanol–water partition coefficient (Wildman–Crippen LogP) is 0.229. The maximum Gasteiger partial charge on any atom is 0.303 e. The van der Waals surface area contributed by atoms with Crippen molar-refractivity contribution in [1.29, 1.82) is 0 Å². The van der Waals surface area contributed by atoms with Crippen molar-refractivity contribution in [3.63, 3.8) is 0 Å². The number of carboxylic acid groups (broad SMARTS) is 1. The Hall–Kier alpha value is -3.34. The highest BCUT2D eigenvalue weighted by molar-refractivity contribution is 7.04. The third-order valence-electron chi connectivity index (χ3n) is 5.35. The number of halogens is 1. The van der Waals surface area contributed by atoms with Gasteiger partial charge in [0.15, 0.2) is 17.5 Å². The average molecular weight is 522 g/mol. The summed E-state index contributed by atoms with van der Waals surface area (Å²) in [6, 6.07) is 8.62. The molecule has 1 aromatic heterocycles. The molecule has 0 aliphatic heterocycles. The standard InChI is InChI=1S/C24H27N3O6S.ClH/c1-13-9-15(11-20(32-3)23(13)33-4)22-16(12-34-27-22)14-5-7-19(31-2)18(10-14)26-24(30)17(25)6-8-21(28)29;/h5,7,9-12,17H,6,8,25H2,1-4H3,(H,26,30)(H,28,29);1H/t17-;/m1./s1. The third kappa shape index (κ3) is 6.41. The van der Waals surface area contributed by atoms with E-state index in [4.69, 9.17) is 19.3 Å². The van der Waals surface area contributed by atoms with Crippen LogP contribution in [-0.2, 0) is 9.59 Å². The number of anilines is 1. The number of hydrogen-bond acceptors (Lipinski definition) is 7. The number of aryl methyl sites for hydroxylation is 1. The number of carbonyl (C=O) groups is 2. The van der Waals surface area contributed by atoms with Crippen molar-refractivity contribution in [3.8, 4) is 39.6 Å². The fourth-order valence-electron chi connectivity index (χ4n) is 3.58. The summed E-state index contributed by atoms with van der Waals surface area (Å²) in [5, 5.41) is 13.6. The lowest BCUT2D eigenvalue weighted by Gasteiger charge is -2.15. The number of carboxylic acids is 1. The van der Waals surface area contributed by atoms with Gasteiger partial charge in [-0.1, -0.05) is 6.07 Å². The minimum atomic E-state index is -0.969. The summed E-state index contributed by atoms with van der Waals surface area (Å²) in [5.41, 5.74) is 8.52. The predicted molar refractivity (Wildman–Crippen MR) is 130 cm³/mol. The molecule has 0 bridgehead atoms. The Labute approximate surface area is 213 Å². The number of nitrogens with zero attached hydrogens (tertiary/aromatic N) is 1. The van der Waals surface area contributed by atoms with Crippen molar-refractivity contribution in [2.24, 2.45) is 0 Å². The summed E-state index contributed by atoms with van der Waals surface area (Å²) in [4.78, 5) is 23.4. The van der Waals surface area contributed by atoms with Crippen LogP contribution in [0.4, 0.5) is 5.69 Å². The normalized spacial score (nSPS) is 11.2. The largest absolute Gasteiger partial charge is 1.00 e. The molecule has 5 N–H and O–H groups in total. The van der Waals surface area contributed by atoms with Crippen LogP contribution in [0.25, 0.3) is 22.4 Å². The Morgan fingerprint density at radius 3 is 2.43 bits per heavy atom. The van der Waals surface area contributed by atoms with Crippen LogP contribution in [0, 0.1) is 6.92 Å². The number of methoxy groups -OCH3 is 3. The van der Waals surface area contributed by atoms with Crippen LogP contribution in [0.15, 0.2) is 35.7 Å². The summed E-state index contributed by atoms with van der Waals surface area (Å²) >= 11 is 1.32. The molecule has 0 spiro atoms. The smallest absolute Gasteiger partial charge is 0.303 e. The Kier molecular flexibility index (Phi) is 9.88. The highest BCUT2D eigenvalue weighted by Gasteiger charge is 2.21. The number of hydrogen-bond donors (Lipinski definition) is 3. The number of rotatable bonds is 10. The molecular formula is C24H28ClN3O6S.